The maximum Gasteiger partial charge on any atom is 0.280 e. The van der Waals surface area contributed by atoms with Gasteiger partial charge in [-0.05, 0) is 36.5 Å². The first-order chi connectivity index (χ1) is 11.1. The summed E-state index contributed by atoms with van der Waals surface area (Å²) in [7, 11) is 0. The highest BCUT2D eigenvalue weighted by atomic mass is 35.5. The van der Waals surface area contributed by atoms with Crippen molar-refractivity contribution in [2.24, 2.45) is 5.92 Å². The number of rotatable bonds is 5. The van der Waals surface area contributed by atoms with Crippen LogP contribution in [0, 0.1) is 5.92 Å². The van der Waals surface area contributed by atoms with Crippen molar-refractivity contribution >= 4 is 17.5 Å². The minimum atomic E-state index is -0.267. The van der Waals surface area contributed by atoms with E-state index in [0.717, 1.165) is 31.0 Å². The number of hydrogen-bond acceptors (Lipinski definition) is 3. The fraction of sp³-hybridized carbons (Fsp3) is 0.412. The number of aromatic amines is 1. The fourth-order valence-electron chi connectivity index (χ4n) is 3.01. The summed E-state index contributed by atoms with van der Waals surface area (Å²) in [6.45, 7) is 1.59. The van der Waals surface area contributed by atoms with Crippen molar-refractivity contribution in [3.05, 3.63) is 57.0 Å². The van der Waals surface area contributed by atoms with Crippen LogP contribution < -0.4 is 5.56 Å². The zero-order valence-corrected chi connectivity index (χ0v) is 13.5. The number of aromatic nitrogens is 1. The first-order valence-electron chi connectivity index (χ1n) is 7.80. The molecular weight excluding hydrogens is 316 g/mol. The molecule has 0 aliphatic carbocycles. The van der Waals surface area contributed by atoms with Crippen LogP contribution in [0.15, 0.2) is 39.6 Å². The molecule has 1 aromatic heterocycles. The quantitative estimate of drug-likeness (QED) is 0.914. The van der Waals surface area contributed by atoms with E-state index in [0.29, 0.717) is 24.5 Å². The lowest BCUT2D eigenvalue weighted by molar-refractivity contribution is -0.130. The van der Waals surface area contributed by atoms with Crippen LogP contribution >= 0.6 is 11.6 Å². The summed E-state index contributed by atoms with van der Waals surface area (Å²) in [5.41, 5.74) is 0.986. The molecule has 1 aliphatic rings. The third-order valence-corrected chi connectivity index (χ3v) is 4.49. The Morgan fingerprint density at radius 3 is 2.83 bits per heavy atom. The van der Waals surface area contributed by atoms with Crippen LogP contribution in [0.5, 0.6) is 0 Å². The van der Waals surface area contributed by atoms with E-state index in [1.807, 2.05) is 29.2 Å². The third kappa shape index (κ3) is 4.26. The second-order valence-electron chi connectivity index (χ2n) is 6.00. The molecule has 2 aromatic rings. The van der Waals surface area contributed by atoms with Crippen molar-refractivity contribution in [1.29, 1.82) is 0 Å². The van der Waals surface area contributed by atoms with E-state index in [4.69, 9.17) is 16.1 Å². The molecule has 23 heavy (non-hydrogen) atoms. The van der Waals surface area contributed by atoms with Crippen molar-refractivity contribution in [1.82, 2.24) is 10.1 Å². The number of carbonyl (C=O) groups excluding carboxylic acids is 1. The Labute approximate surface area is 139 Å². The molecule has 5 nitrogen and oxygen atoms in total. The van der Waals surface area contributed by atoms with Gasteiger partial charge in [-0.3, -0.25) is 9.59 Å². The lowest BCUT2D eigenvalue weighted by atomic mass is 9.99. The van der Waals surface area contributed by atoms with Crippen molar-refractivity contribution in [2.75, 3.05) is 13.1 Å². The summed E-state index contributed by atoms with van der Waals surface area (Å²) < 4.78 is 4.97. The minimum Gasteiger partial charge on any atom is -0.384 e. The topological polar surface area (TPSA) is 66.3 Å². The molecule has 1 saturated heterocycles. The molecular formula is C17H19ClN2O3. The van der Waals surface area contributed by atoms with Crippen LogP contribution in [0.4, 0.5) is 0 Å². The largest absolute Gasteiger partial charge is 0.384 e. The molecule has 2 heterocycles. The third-order valence-electron chi connectivity index (χ3n) is 4.24. The molecule has 3 rings (SSSR count). The fourth-order valence-corrected chi connectivity index (χ4v) is 3.14. The number of benzene rings is 1. The van der Waals surface area contributed by atoms with Gasteiger partial charge in [0.05, 0.1) is 0 Å². The highest BCUT2D eigenvalue weighted by Gasteiger charge is 2.26. The van der Waals surface area contributed by atoms with Crippen molar-refractivity contribution in [3.63, 3.8) is 0 Å². The van der Waals surface area contributed by atoms with E-state index in [2.05, 4.69) is 5.16 Å². The first-order valence-corrected chi connectivity index (χ1v) is 8.17. The van der Waals surface area contributed by atoms with Gasteiger partial charge in [0.1, 0.15) is 5.76 Å². The number of likely N-dealkylation sites (tertiary alicyclic amines) is 1. The summed E-state index contributed by atoms with van der Waals surface area (Å²) in [5.74, 6) is 1.14. The van der Waals surface area contributed by atoms with Crippen LogP contribution in [0.1, 0.15) is 24.2 Å². The highest BCUT2D eigenvalue weighted by Crippen LogP contribution is 2.22. The van der Waals surface area contributed by atoms with E-state index in [-0.39, 0.29) is 11.5 Å². The molecule has 1 atom stereocenters. The molecule has 122 valence electrons. The van der Waals surface area contributed by atoms with Crippen molar-refractivity contribution in [3.8, 4) is 0 Å². The second-order valence-corrected chi connectivity index (χ2v) is 6.44. The van der Waals surface area contributed by atoms with Gasteiger partial charge in [0.25, 0.3) is 5.56 Å². The van der Waals surface area contributed by atoms with Gasteiger partial charge in [-0.2, -0.15) is 5.16 Å². The van der Waals surface area contributed by atoms with E-state index >= 15 is 0 Å². The lowest BCUT2D eigenvalue weighted by Gasteiger charge is -2.16. The predicted molar refractivity (Wildman–Crippen MR) is 87.5 cm³/mol. The zero-order chi connectivity index (χ0) is 16.2. The summed E-state index contributed by atoms with van der Waals surface area (Å²) in [6, 6.07) is 9.28. The Balaban J connectivity index is 1.47. The van der Waals surface area contributed by atoms with Crippen molar-refractivity contribution < 1.29 is 9.32 Å². The van der Waals surface area contributed by atoms with Crippen LogP contribution in [0.3, 0.4) is 0 Å². The Morgan fingerprint density at radius 1 is 1.35 bits per heavy atom. The Kier molecular flexibility index (Phi) is 4.86. The molecule has 1 amide bonds. The van der Waals surface area contributed by atoms with E-state index in [1.54, 1.807) is 0 Å². The number of nitrogens with zero attached hydrogens (tertiary/aromatic N) is 1. The maximum atomic E-state index is 12.2. The Hall–Kier alpha value is -2.01. The number of nitrogens with one attached hydrogen (secondary N) is 1. The van der Waals surface area contributed by atoms with Crippen LogP contribution in [0.2, 0.25) is 5.02 Å². The highest BCUT2D eigenvalue weighted by molar-refractivity contribution is 6.30. The van der Waals surface area contributed by atoms with Crippen molar-refractivity contribution in [2.45, 2.75) is 25.7 Å². The van der Waals surface area contributed by atoms with Gasteiger partial charge in [-0.15, -0.1) is 0 Å². The zero-order valence-electron chi connectivity index (χ0n) is 12.8. The maximum absolute atomic E-state index is 12.2. The number of carbonyl (C=O) groups is 1. The number of halogens is 1. The molecule has 1 fully saturated rings. The monoisotopic (exact) mass is 334 g/mol. The minimum absolute atomic E-state index is 0.118. The van der Waals surface area contributed by atoms with Crippen LogP contribution in [0.25, 0.3) is 0 Å². The summed E-state index contributed by atoms with van der Waals surface area (Å²) in [4.78, 5) is 25.1. The summed E-state index contributed by atoms with van der Waals surface area (Å²) in [5, 5.41) is 2.98. The lowest BCUT2D eigenvalue weighted by Crippen LogP contribution is -2.29. The Bertz CT molecular complexity index is 720. The Morgan fingerprint density at radius 2 is 2.13 bits per heavy atom. The SMILES string of the molecule is O=C(CCc1cc(=O)[nH]o1)N1CCC(Cc2ccc(Cl)cc2)C1. The van der Waals surface area contributed by atoms with Crippen LogP contribution in [-0.2, 0) is 17.6 Å². The van der Waals surface area contributed by atoms with Gasteiger partial charge in [0.15, 0.2) is 0 Å². The molecule has 6 heteroatoms. The van der Waals surface area contributed by atoms with E-state index in [1.165, 1.54) is 11.6 Å². The van der Waals surface area contributed by atoms with Gasteiger partial charge >= 0.3 is 0 Å². The predicted octanol–water partition coefficient (Wildman–Crippen LogP) is 2.65. The molecule has 0 spiro atoms. The molecule has 1 unspecified atom stereocenters. The number of amides is 1. The van der Waals surface area contributed by atoms with Crippen LogP contribution in [-0.4, -0.2) is 29.1 Å². The van der Waals surface area contributed by atoms with E-state index in [9.17, 15) is 9.59 Å². The van der Waals surface area contributed by atoms with E-state index < -0.39 is 0 Å². The average Bonchev–Trinajstić information content (AvgIpc) is 3.16. The molecule has 1 N–H and O–H groups in total. The summed E-state index contributed by atoms with van der Waals surface area (Å²) in [6.07, 6.45) is 2.81. The number of aryl methyl sites for hydroxylation is 1. The normalized spacial score (nSPS) is 17.6. The number of H-pyrrole nitrogens is 1. The summed E-state index contributed by atoms with van der Waals surface area (Å²) >= 11 is 5.90. The molecule has 0 radical (unpaired) electrons. The number of hydrogen-bond donors (Lipinski definition) is 1. The first kappa shape index (κ1) is 15.9. The second kappa shape index (κ2) is 7.04. The molecule has 1 aliphatic heterocycles. The molecule has 1 aromatic carbocycles. The smallest absolute Gasteiger partial charge is 0.280 e. The van der Waals surface area contributed by atoms with Gasteiger partial charge in [-0.25, -0.2) is 0 Å². The molecule has 0 bridgehead atoms. The van der Waals surface area contributed by atoms with Gasteiger partial charge < -0.3 is 9.42 Å². The molecule has 0 saturated carbocycles. The standard InChI is InChI=1S/C17H19ClN2O3/c18-14-3-1-12(2-4-14)9-13-7-8-20(11-13)17(22)6-5-15-10-16(21)19-23-15/h1-4,10,13H,5-9,11H2,(H,19,21). The van der Waals surface area contributed by atoms with Gasteiger partial charge in [0, 0.05) is 37.0 Å². The van der Waals surface area contributed by atoms with Gasteiger partial charge in [0.2, 0.25) is 5.91 Å². The van der Waals surface area contributed by atoms with Gasteiger partial charge in [-0.1, -0.05) is 23.7 Å². The average molecular weight is 335 g/mol.